The van der Waals surface area contributed by atoms with Crippen molar-refractivity contribution in [2.45, 2.75) is 0 Å². The maximum Gasteiger partial charge on any atom is 0.150 e. The van der Waals surface area contributed by atoms with Crippen molar-refractivity contribution < 1.29 is 15.0 Å². The van der Waals surface area contributed by atoms with E-state index in [9.17, 15) is 9.90 Å². The van der Waals surface area contributed by atoms with Gasteiger partial charge in [0.2, 0.25) is 0 Å². The number of aromatic hydroxyl groups is 1. The number of nitrogens with two attached hydrogens (primary N) is 1. The Morgan fingerprint density at radius 1 is 1.55 bits per heavy atom. The third-order valence-electron chi connectivity index (χ3n) is 1.26. The molecular weight excluding hydrogens is 146 g/mol. The van der Waals surface area contributed by atoms with Crippen molar-refractivity contribution >= 4 is 12.0 Å². The van der Waals surface area contributed by atoms with Crippen LogP contribution in [0.5, 0.6) is 11.5 Å². The van der Waals surface area contributed by atoms with Gasteiger partial charge in [-0.15, -0.1) is 0 Å². The van der Waals surface area contributed by atoms with Crippen molar-refractivity contribution in [2.24, 2.45) is 0 Å². The van der Waals surface area contributed by atoms with Gasteiger partial charge in [0.1, 0.15) is 12.0 Å². The van der Waals surface area contributed by atoms with E-state index in [1.807, 2.05) is 0 Å². The highest BCUT2D eigenvalue weighted by Crippen LogP contribution is 2.28. The van der Waals surface area contributed by atoms with Gasteiger partial charge >= 0.3 is 0 Å². The lowest BCUT2D eigenvalue weighted by atomic mass is 10.2. The Morgan fingerprint density at radius 2 is 2.18 bits per heavy atom. The Hall–Kier alpha value is -1.71. The number of hydrogen-bond acceptors (Lipinski definition) is 4. The van der Waals surface area contributed by atoms with Gasteiger partial charge in [-0.2, -0.15) is 0 Å². The van der Waals surface area contributed by atoms with Crippen LogP contribution in [0.2, 0.25) is 0 Å². The summed E-state index contributed by atoms with van der Waals surface area (Å²) in [5, 5.41) is 19.6. The molecule has 0 fully saturated rings. The predicted molar refractivity (Wildman–Crippen MR) is 37.4 cm³/mol. The number of benzene rings is 1. The fraction of sp³-hybridized carbons (Fsp3) is 0. The number of hydrogen-bond donors (Lipinski definition) is 2. The summed E-state index contributed by atoms with van der Waals surface area (Å²) >= 11 is 0. The van der Waals surface area contributed by atoms with Crippen LogP contribution in [0, 0.1) is 0 Å². The van der Waals surface area contributed by atoms with E-state index < -0.39 is 11.5 Å². The van der Waals surface area contributed by atoms with Gasteiger partial charge in [0.15, 0.2) is 0 Å². The minimum absolute atomic E-state index is 0.118. The maximum absolute atomic E-state index is 10.7. The zero-order valence-electron chi connectivity index (χ0n) is 5.57. The van der Waals surface area contributed by atoms with Crippen LogP contribution < -0.4 is 10.8 Å². The summed E-state index contributed by atoms with van der Waals surface area (Å²) in [5.41, 5.74) is 5.24. The first kappa shape index (κ1) is 7.40. The van der Waals surface area contributed by atoms with E-state index in [0.717, 1.165) is 6.07 Å². The van der Waals surface area contributed by atoms with Crippen LogP contribution in [0.15, 0.2) is 12.1 Å². The molecule has 0 saturated carbocycles. The molecular formula is C7H6NO3-. The van der Waals surface area contributed by atoms with Crippen LogP contribution in [0.25, 0.3) is 0 Å². The van der Waals surface area contributed by atoms with Crippen molar-refractivity contribution in [1.29, 1.82) is 0 Å². The van der Waals surface area contributed by atoms with E-state index in [0.29, 0.717) is 6.29 Å². The lowest BCUT2D eigenvalue weighted by Crippen LogP contribution is -1.98. The van der Waals surface area contributed by atoms with E-state index in [1.165, 1.54) is 6.07 Å². The van der Waals surface area contributed by atoms with Gasteiger partial charge in [0, 0.05) is 11.3 Å². The third kappa shape index (κ3) is 1.24. The van der Waals surface area contributed by atoms with E-state index in [2.05, 4.69) is 0 Å². The fourth-order valence-electron chi connectivity index (χ4n) is 0.726. The van der Waals surface area contributed by atoms with Gasteiger partial charge < -0.3 is 15.9 Å². The van der Waals surface area contributed by atoms with E-state index in [1.54, 1.807) is 0 Å². The summed E-state index contributed by atoms with van der Waals surface area (Å²) in [6.45, 7) is 0. The predicted octanol–water partition coefficient (Wildman–Crippen LogP) is -0.140. The smallest absolute Gasteiger partial charge is 0.150 e. The van der Waals surface area contributed by atoms with Crippen LogP contribution in [-0.2, 0) is 0 Å². The monoisotopic (exact) mass is 152 g/mol. The lowest BCUT2D eigenvalue weighted by molar-refractivity contribution is -0.268. The molecule has 0 aliphatic heterocycles. The molecule has 58 valence electrons. The van der Waals surface area contributed by atoms with E-state index >= 15 is 0 Å². The summed E-state index contributed by atoms with van der Waals surface area (Å²) in [5.74, 6) is -1.14. The quantitative estimate of drug-likeness (QED) is 0.433. The van der Waals surface area contributed by atoms with Gasteiger partial charge in [-0.3, -0.25) is 4.79 Å². The maximum atomic E-state index is 10.7. The molecule has 0 amide bonds. The van der Waals surface area contributed by atoms with Gasteiger partial charge in [-0.05, 0) is 17.9 Å². The van der Waals surface area contributed by atoms with Crippen molar-refractivity contribution in [2.75, 3.05) is 5.73 Å². The second-order valence-corrected chi connectivity index (χ2v) is 2.08. The van der Waals surface area contributed by atoms with Crippen molar-refractivity contribution in [3.63, 3.8) is 0 Å². The molecule has 0 saturated heterocycles. The number of phenols is 1. The highest BCUT2D eigenvalue weighted by molar-refractivity contribution is 5.79. The molecule has 11 heavy (non-hydrogen) atoms. The topological polar surface area (TPSA) is 86.4 Å². The molecule has 0 unspecified atom stereocenters. The molecule has 0 spiro atoms. The number of rotatable bonds is 1. The Labute approximate surface area is 62.9 Å². The van der Waals surface area contributed by atoms with Crippen molar-refractivity contribution in [3.8, 4) is 11.5 Å². The van der Waals surface area contributed by atoms with Gasteiger partial charge in [-0.25, -0.2) is 0 Å². The van der Waals surface area contributed by atoms with Crippen molar-refractivity contribution in [1.82, 2.24) is 0 Å². The molecule has 0 aromatic heterocycles. The van der Waals surface area contributed by atoms with Crippen molar-refractivity contribution in [3.05, 3.63) is 17.7 Å². The number of anilines is 1. The van der Waals surface area contributed by atoms with Crippen LogP contribution in [-0.4, -0.2) is 11.4 Å². The van der Waals surface area contributed by atoms with Gasteiger partial charge in [0.25, 0.3) is 0 Å². The van der Waals surface area contributed by atoms with Gasteiger partial charge in [0.05, 0.1) is 0 Å². The second-order valence-electron chi connectivity index (χ2n) is 2.08. The molecule has 1 aromatic carbocycles. The fourth-order valence-corrected chi connectivity index (χ4v) is 0.726. The first-order valence-electron chi connectivity index (χ1n) is 2.90. The first-order chi connectivity index (χ1) is 5.15. The Morgan fingerprint density at radius 3 is 2.64 bits per heavy atom. The molecule has 0 radical (unpaired) electrons. The van der Waals surface area contributed by atoms with Crippen LogP contribution >= 0.6 is 0 Å². The molecule has 0 bridgehead atoms. The van der Waals surface area contributed by atoms with E-state index in [4.69, 9.17) is 10.8 Å². The minimum atomic E-state index is -0.643. The average Bonchev–Trinajstić information content (AvgIpc) is 1.99. The minimum Gasteiger partial charge on any atom is -0.869 e. The molecule has 0 atom stereocenters. The summed E-state index contributed by atoms with van der Waals surface area (Å²) in [6, 6.07) is 2.29. The van der Waals surface area contributed by atoms with Crippen LogP contribution in [0.3, 0.4) is 0 Å². The summed E-state index contributed by atoms with van der Waals surface area (Å²) in [7, 11) is 0. The number of phenolic OH excluding ortho intramolecular Hbond substituents is 1. The number of aldehydes is 1. The SMILES string of the molecule is Nc1cc(C=O)cc(O)c1[O-]. The number of nitrogen functional groups attached to an aromatic ring is 1. The van der Waals surface area contributed by atoms with Gasteiger partial charge in [-0.1, -0.05) is 0 Å². The number of carbonyl (C=O) groups is 1. The summed E-state index contributed by atoms with van der Waals surface area (Å²) < 4.78 is 0. The third-order valence-corrected chi connectivity index (χ3v) is 1.26. The average molecular weight is 152 g/mol. The molecule has 3 N–H and O–H groups in total. The normalized spacial score (nSPS) is 9.45. The van der Waals surface area contributed by atoms with Crippen LogP contribution in [0.4, 0.5) is 5.69 Å². The highest BCUT2D eigenvalue weighted by atomic mass is 16.3. The molecule has 0 heterocycles. The highest BCUT2D eigenvalue weighted by Gasteiger charge is 1.97. The second kappa shape index (κ2) is 2.49. The van der Waals surface area contributed by atoms with Crippen LogP contribution in [0.1, 0.15) is 10.4 Å². The molecule has 1 rings (SSSR count). The zero-order chi connectivity index (χ0) is 8.43. The molecule has 4 nitrogen and oxygen atoms in total. The van der Waals surface area contributed by atoms with E-state index in [-0.39, 0.29) is 11.3 Å². The number of carbonyl (C=O) groups excluding carboxylic acids is 1. The molecule has 0 aliphatic rings. The molecule has 1 aromatic rings. The zero-order valence-corrected chi connectivity index (χ0v) is 5.57. The Kier molecular flexibility index (Phi) is 1.68. The molecule has 0 aliphatic carbocycles. The lowest BCUT2D eigenvalue weighted by Gasteiger charge is -2.11. The summed E-state index contributed by atoms with van der Waals surface area (Å²) in [6.07, 6.45) is 0.509. The summed E-state index contributed by atoms with van der Waals surface area (Å²) in [4.78, 5) is 10.2. The Balaban J connectivity index is 3.31. The Bertz CT molecular complexity index is 273. The first-order valence-corrected chi connectivity index (χ1v) is 2.90. The molecule has 4 heteroatoms. The standard InChI is InChI=1S/C7H7NO3/c8-5-1-4(3-9)2-6(10)7(5)11/h1-3,10-11H,8H2/p-1. The largest absolute Gasteiger partial charge is 0.869 e.